The summed E-state index contributed by atoms with van der Waals surface area (Å²) in [7, 11) is 0. The second-order valence-corrected chi connectivity index (χ2v) is 5.38. The van der Waals surface area contributed by atoms with Crippen molar-refractivity contribution >= 4 is 5.82 Å². The number of aromatic nitrogens is 2. The highest BCUT2D eigenvalue weighted by Crippen LogP contribution is 2.41. The molecule has 0 radical (unpaired) electrons. The maximum atomic E-state index is 6.18. The van der Waals surface area contributed by atoms with Gasteiger partial charge in [0.2, 0.25) is 0 Å². The minimum atomic E-state index is 0.345. The maximum absolute atomic E-state index is 6.18. The van der Waals surface area contributed by atoms with E-state index >= 15 is 0 Å². The molecule has 1 fully saturated rings. The van der Waals surface area contributed by atoms with Crippen LogP contribution in [0.2, 0.25) is 0 Å². The van der Waals surface area contributed by atoms with Crippen molar-refractivity contribution in [2.75, 3.05) is 5.73 Å². The number of hydrogen-bond donors (Lipinski definition) is 1. The van der Waals surface area contributed by atoms with Gasteiger partial charge in [-0.2, -0.15) is 0 Å². The third-order valence-electron chi connectivity index (χ3n) is 3.60. The SMILES string of the molecule is CC(C)n1cnc(-c2cccc(C3CC3)c2)c1N. The largest absolute Gasteiger partial charge is 0.383 e. The highest BCUT2D eigenvalue weighted by molar-refractivity contribution is 5.71. The van der Waals surface area contributed by atoms with Gasteiger partial charge in [0.15, 0.2) is 0 Å². The van der Waals surface area contributed by atoms with Gasteiger partial charge in [0.1, 0.15) is 11.5 Å². The summed E-state index contributed by atoms with van der Waals surface area (Å²) in [5.41, 5.74) is 9.64. The molecule has 3 rings (SSSR count). The Bertz CT molecular complexity index is 565. The minimum absolute atomic E-state index is 0.345. The molecule has 3 nitrogen and oxygen atoms in total. The average Bonchev–Trinajstić information content (AvgIpc) is 3.12. The van der Waals surface area contributed by atoms with Gasteiger partial charge in [-0.15, -0.1) is 0 Å². The van der Waals surface area contributed by atoms with Crippen LogP contribution in [0, 0.1) is 0 Å². The lowest BCUT2D eigenvalue weighted by molar-refractivity contribution is 0.607. The molecule has 2 aromatic rings. The van der Waals surface area contributed by atoms with Crippen molar-refractivity contribution in [3.8, 4) is 11.3 Å². The molecule has 0 atom stereocenters. The number of anilines is 1. The van der Waals surface area contributed by atoms with E-state index < -0.39 is 0 Å². The molecule has 1 saturated carbocycles. The summed E-state index contributed by atoms with van der Waals surface area (Å²) in [6.45, 7) is 4.23. The second-order valence-electron chi connectivity index (χ2n) is 5.38. The Morgan fingerprint density at radius 2 is 2.11 bits per heavy atom. The fourth-order valence-corrected chi connectivity index (χ4v) is 2.36. The van der Waals surface area contributed by atoms with Crippen LogP contribution in [0.3, 0.4) is 0 Å². The fraction of sp³-hybridized carbons (Fsp3) is 0.400. The monoisotopic (exact) mass is 241 g/mol. The summed E-state index contributed by atoms with van der Waals surface area (Å²) in [5.74, 6) is 1.52. The van der Waals surface area contributed by atoms with E-state index in [0.29, 0.717) is 6.04 Å². The number of benzene rings is 1. The molecule has 2 N–H and O–H groups in total. The van der Waals surface area contributed by atoms with E-state index in [1.54, 1.807) is 0 Å². The quantitative estimate of drug-likeness (QED) is 0.892. The van der Waals surface area contributed by atoms with Crippen molar-refractivity contribution in [1.82, 2.24) is 9.55 Å². The molecule has 3 heteroatoms. The standard InChI is InChI=1S/C15H19N3/c1-10(2)18-9-17-14(15(18)16)13-5-3-4-12(8-13)11-6-7-11/h3-5,8-11H,6-7,16H2,1-2H3. The number of rotatable bonds is 3. The van der Waals surface area contributed by atoms with E-state index in [1.807, 2.05) is 10.9 Å². The van der Waals surface area contributed by atoms with Gasteiger partial charge in [-0.1, -0.05) is 18.2 Å². The zero-order chi connectivity index (χ0) is 12.7. The molecule has 1 heterocycles. The molecule has 0 saturated heterocycles. The lowest BCUT2D eigenvalue weighted by Gasteiger charge is -2.09. The molecule has 1 aromatic heterocycles. The van der Waals surface area contributed by atoms with E-state index in [-0.39, 0.29) is 0 Å². The van der Waals surface area contributed by atoms with E-state index in [1.165, 1.54) is 18.4 Å². The molecule has 0 aliphatic heterocycles. The molecule has 0 unspecified atom stereocenters. The van der Waals surface area contributed by atoms with Crippen LogP contribution >= 0.6 is 0 Å². The summed E-state index contributed by atoms with van der Waals surface area (Å²) in [6, 6.07) is 8.99. The average molecular weight is 241 g/mol. The van der Waals surface area contributed by atoms with E-state index in [4.69, 9.17) is 5.73 Å². The van der Waals surface area contributed by atoms with Crippen molar-refractivity contribution < 1.29 is 0 Å². The van der Waals surface area contributed by atoms with Crippen LogP contribution in [0.5, 0.6) is 0 Å². The van der Waals surface area contributed by atoms with Gasteiger partial charge in [0.25, 0.3) is 0 Å². The molecule has 18 heavy (non-hydrogen) atoms. The Morgan fingerprint density at radius 1 is 1.33 bits per heavy atom. The summed E-state index contributed by atoms with van der Waals surface area (Å²) in [5, 5.41) is 0. The van der Waals surface area contributed by atoms with E-state index in [0.717, 1.165) is 23.0 Å². The maximum Gasteiger partial charge on any atom is 0.131 e. The van der Waals surface area contributed by atoms with Gasteiger partial charge in [-0.25, -0.2) is 4.98 Å². The Labute approximate surface area is 108 Å². The number of nitrogens with zero attached hydrogens (tertiary/aromatic N) is 2. The third-order valence-corrected chi connectivity index (χ3v) is 3.60. The highest BCUT2D eigenvalue weighted by atomic mass is 15.1. The second kappa shape index (κ2) is 4.16. The topological polar surface area (TPSA) is 43.8 Å². The number of hydrogen-bond acceptors (Lipinski definition) is 2. The predicted molar refractivity (Wildman–Crippen MR) is 74.4 cm³/mol. The van der Waals surface area contributed by atoms with Gasteiger partial charge in [-0.05, 0) is 44.2 Å². The Hall–Kier alpha value is -1.77. The van der Waals surface area contributed by atoms with E-state index in [2.05, 4.69) is 43.1 Å². The first-order valence-electron chi connectivity index (χ1n) is 6.59. The van der Waals surface area contributed by atoms with Crippen LogP contribution in [0.15, 0.2) is 30.6 Å². The lowest BCUT2D eigenvalue weighted by atomic mass is 10.1. The number of nitrogen functional groups attached to an aromatic ring is 1. The smallest absolute Gasteiger partial charge is 0.131 e. The van der Waals surface area contributed by atoms with Crippen LogP contribution in [0.1, 0.15) is 44.2 Å². The van der Waals surface area contributed by atoms with Gasteiger partial charge in [-0.3, -0.25) is 0 Å². The Kier molecular flexibility index (Phi) is 2.62. The predicted octanol–water partition coefficient (Wildman–Crippen LogP) is 3.59. The Morgan fingerprint density at radius 3 is 2.72 bits per heavy atom. The van der Waals surface area contributed by atoms with Gasteiger partial charge in [0.05, 0.1) is 6.33 Å². The van der Waals surface area contributed by atoms with Crippen LogP contribution in [-0.2, 0) is 0 Å². The van der Waals surface area contributed by atoms with Crippen LogP contribution in [0.4, 0.5) is 5.82 Å². The summed E-state index contributed by atoms with van der Waals surface area (Å²) >= 11 is 0. The number of imidazole rings is 1. The molecular formula is C15H19N3. The normalized spacial score (nSPS) is 15.3. The first-order valence-corrected chi connectivity index (χ1v) is 6.59. The van der Waals surface area contributed by atoms with Crippen molar-refractivity contribution in [2.45, 2.75) is 38.6 Å². The molecular weight excluding hydrogens is 222 g/mol. The summed E-state index contributed by atoms with van der Waals surface area (Å²) in [4.78, 5) is 4.47. The van der Waals surface area contributed by atoms with Crippen LogP contribution in [-0.4, -0.2) is 9.55 Å². The van der Waals surface area contributed by atoms with Crippen molar-refractivity contribution in [2.24, 2.45) is 0 Å². The minimum Gasteiger partial charge on any atom is -0.383 e. The van der Waals surface area contributed by atoms with Crippen LogP contribution < -0.4 is 5.73 Å². The first-order chi connectivity index (χ1) is 8.66. The van der Waals surface area contributed by atoms with E-state index in [9.17, 15) is 0 Å². The van der Waals surface area contributed by atoms with Crippen molar-refractivity contribution in [3.63, 3.8) is 0 Å². The first kappa shape index (κ1) is 11.3. The zero-order valence-corrected chi connectivity index (χ0v) is 10.9. The van der Waals surface area contributed by atoms with Crippen molar-refractivity contribution in [1.29, 1.82) is 0 Å². The lowest BCUT2D eigenvalue weighted by Crippen LogP contribution is -2.04. The van der Waals surface area contributed by atoms with Gasteiger partial charge in [0, 0.05) is 11.6 Å². The van der Waals surface area contributed by atoms with Crippen LogP contribution in [0.25, 0.3) is 11.3 Å². The molecule has 0 bridgehead atoms. The molecule has 0 amide bonds. The van der Waals surface area contributed by atoms with Crippen molar-refractivity contribution in [3.05, 3.63) is 36.2 Å². The Balaban J connectivity index is 2.01. The molecule has 1 aliphatic carbocycles. The molecule has 94 valence electrons. The zero-order valence-electron chi connectivity index (χ0n) is 10.9. The van der Waals surface area contributed by atoms with Gasteiger partial charge >= 0.3 is 0 Å². The summed E-state index contributed by atoms with van der Waals surface area (Å²) < 4.78 is 2.01. The molecule has 1 aromatic carbocycles. The molecule has 0 spiro atoms. The summed E-state index contributed by atoms with van der Waals surface area (Å²) in [6.07, 6.45) is 4.47. The van der Waals surface area contributed by atoms with Gasteiger partial charge < -0.3 is 10.3 Å². The highest BCUT2D eigenvalue weighted by Gasteiger charge is 2.24. The number of nitrogens with two attached hydrogens (primary N) is 1. The third kappa shape index (κ3) is 1.90. The molecule has 1 aliphatic rings. The fourth-order valence-electron chi connectivity index (χ4n) is 2.36.